The minimum atomic E-state index is -2.97. The third-order valence-electron chi connectivity index (χ3n) is 5.23. The average Bonchev–Trinajstić information content (AvgIpc) is 3.17. The maximum atomic E-state index is 12.6. The van der Waals surface area contributed by atoms with E-state index in [1.54, 1.807) is 12.3 Å². The van der Waals surface area contributed by atoms with Gasteiger partial charge in [0.05, 0.1) is 25.5 Å². The van der Waals surface area contributed by atoms with Crippen molar-refractivity contribution in [2.45, 2.75) is 38.5 Å². The summed E-state index contributed by atoms with van der Waals surface area (Å²) in [5.74, 6) is -0.266. The molecule has 1 amide bonds. The van der Waals surface area contributed by atoms with Crippen LogP contribution in [0, 0.1) is 12.8 Å². The smallest absolute Gasteiger partial charge is 0.387 e. The van der Waals surface area contributed by atoms with E-state index in [9.17, 15) is 13.6 Å². The van der Waals surface area contributed by atoms with Crippen LogP contribution in [0.3, 0.4) is 0 Å². The molecule has 12 heteroatoms. The van der Waals surface area contributed by atoms with Gasteiger partial charge < -0.3 is 25.3 Å². The highest BCUT2D eigenvalue weighted by Gasteiger charge is 2.50. The second kappa shape index (κ2) is 8.35. The number of fused-ring (bicyclic) bond motifs is 1. The first-order valence-corrected chi connectivity index (χ1v) is 10.4. The van der Waals surface area contributed by atoms with Gasteiger partial charge in [0.2, 0.25) is 0 Å². The summed E-state index contributed by atoms with van der Waals surface area (Å²) in [6.07, 6.45) is 1.89. The number of alkyl halides is 2. The molecule has 0 saturated carbocycles. The highest BCUT2D eigenvalue weighted by molar-refractivity contribution is 7.10. The van der Waals surface area contributed by atoms with Crippen molar-refractivity contribution in [1.29, 1.82) is 0 Å². The average molecular weight is 453 g/mol. The summed E-state index contributed by atoms with van der Waals surface area (Å²) in [6.45, 7) is 1.34. The van der Waals surface area contributed by atoms with Crippen LogP contribution < -0.4 is 15.8 Å². The summed E-state index contributed by atoms with van der Waals surface area (Å²) < 4.78 is 40.3. The topological polar surface area (TPSA) is 121 Å². The van der Waals surface area contributed by atoms with E-state index in [2.05, 4.69) is 25.0 Å². The van der Waals surface area contributed by atoms with Crippen molar-refractivity contribution in [3.05, 3.63) is 33.9 Å². The van der Waals surface area contributed by atoms with E-state index >= 15 is 0 Å². The molecule has 3 N–H and O–H groups in total. The number of thiazole rings is 1. The van der Waals surface area contributed by atoms with E-state index in [1.165, 1.54) is 17.4 Å². The summed E-state index contributed by atoms with van der Waals surface area (Å²) >= 11 is 1.34. The van der Waals surface area contributed by atoms with Crippen molar-refractivity contribution in [3.8, 4) is 5.75 Å². The molecule has 0 spiro atoms. The summed E-state index contributed by atoms with van der Waals surface area (Å²) in [5, 5.41) is 5.05. The monoisotopic (exact) mass is 453 g/mol. The first kappa shape index (κ1) is 21.4. The van der Waals surface area contributed by atoms with Crippen LogP contribution >= 0.6 is 11.3 Å². The van der Waals surface area contributed by atoms with E-state index in [4.69, 9.17) is 15.2 Å². The predicted molar refractivity (Wildman–Crippen MR) is 108 cm³/mol. The second-order valence-electron chi connectivity index (χ2n) is 7.45. The molecule has 0 bridgehead atoms. The maximum absolute atomic E-state index is 12.6. The Morgan fingerprint density at radius 2 is 2.29 bits per heavy atom. The van der Waals surface area contributed by atoms with Gasteiger partial charge in [-0.25, -0.2) is 15.0 Å². The molecule has 166 valence electrons. The second-order valence-corrected chi connectivity index (χ2v) is 8.30. The zero-order chi connectivity index (χ0) is 22.2. The van der Waals surface area contributed by atoms with E-state index < -0.39 is 18.1 Å². The maximum Gasteiger partial charge on any atom is 0.387 e. The zero-order valence-electron chi connectivity index (χ0n) is 16.8. The number of anilines is 1. The van der Waals surface area contributed by atoms with Gasteiger partial charge in [0.1, 0.15) is 27.8 Å². The largest absolute Gasteiger partial charge is 0.465 e. The van der Waals surface area contributed by atoms with Gasteiger partial charge in [-0.2, -0.15) is 8.78 Å². The van der Waals surface area contributed by atoms with Gasteiger partial charge in [-0.05, 0) is 31.9 Å². The molecule has 1 saturated heterocycles. The third kappa shape index (κ3) is 4.30. The Labute approximate surface area is 180 Å². The van der Waals surface area contributed by atoms with E-state index in [-0.39, 0.29) is 29.5 Å². The number of rotatable bonds is 5. The molecule has 2 aromatic rings. The Kier molecular flexibility index (Phi) is 5.75. The van der Waals surface area contributed by atoms with Gasteiger partial charge >= 0.3 is 6.61 Å². The Bertz CT molecular complexity index is 1020. The van der Waals surface area contributed by atoms with Gasteiger partial charge in [-0.3, -0.25) is 4.79 Å². The number of hydrogen-bond acceptors (Lipinski definition) is 9. The molecular formula is C19H21F2N5O4S. The van der Waals surface area contributed by atoms with Crippen molar-refractivity contribution < 1.29 is 27.8 Å². The molecule has 4 rings (SSSR count). The fraction of sp³-hybridized carbons (Fsp3) is 0.474. The van der Waals surface area contributed by atoms with Crippen LogP contribution in [0.2, 0.25) is 0 Å². The molecule has 4 heterocycles. The summed E-state index contributed by atoms with van der Waals surface area (Å²) in [6, 6.07) is 1.41. The molecule has 1 fully saturated rings. The number of nitrogens with zero attached hydrogens (tertiary/aromatic N) is 3. The van der Waals surface area contributed by atoms with Crippen molar-refractivity contribution in [2.75, 3.05) is 18.5 Å². The molecular weight excluding hydrogens is 432 g/mol. The highest BCUT2D eigenvalue weighted by Crippen LogP contribution is 2.44. The minimum absolute atomic E-state index is 0.0459. The van der Waals surface area contributed by atoms with E-state index in [0.29, 0.717) is 29.6 Å². The lowest BCUT2D eigenvalue weighted by Crippen LogP contribution is -2.51. The number of nitrogens with two attached hydrogens (primary N) is 1. The Morgan fingerprint density at radius 1 is 1.48 bits per heavy atom. The van der Waals surface area contributed by atoms with Crippen LogP contribution in [-0.4, -0.2) is 47.8 Å². The molecule has 3 atom stereocenters. The number of aliphatic imine (C=N–C) groups is 1. The van der Waals surface area contributed by atoms with Gasteiger partial charge in [-0.15, -0.1) is 11.3 Å². The van der Waals surface area contributed by atoms with Crippen molar-refractivity contribution >= 4 is 29.1 Å². The number of amidine groups is 1. The molecule has 9 nitrogen and oxygen atoms in total. The van der Waals surface area contributed by atoms with Crippen LogP contribution in [0.1, 0.15) is 34.4 Å². The number of carbonyl (C=O) groups excluding carboxylic acids is 1. The van der Waals surface area contributed by atoms with Crippen LogP contribution in [-0.2, 0) is 15.0 Å². The fourth-order valence-electron chi connectivity index (χ4n) is 3.74. The Hall–Kier alpha value is -2.86. The van der Waals surface area contributed by atoms with Gasteiger partial charge in [-0.1, -0.05) is 0 Å². The molecule has 2 aliphatic rings. The van der Waals surface area contributed by atoms with E-state index in [1.807, 2.05) is 6.92 Å². The normalized spacial score (nSPS) is 25.4. The summed E-state index contributed by atoms with van der Waals surface area (Å²) in [5.41, 5.74) is 5.55. The quantitative estimate of drug-likeness (QED) is 0.714. The Morgan fingerprint density at radius 3 is 3.03 bits per heavy atom. The number of halogens is 2. The first-order chi connectivity index (χ1) is 14.8. The van der Waals surface area contributed by atoms with Crippen LogP contribution in [0.4, 0.5) is 14.6 Å². The number of amides is 1. The van der Waals surface area contributed by atoms with Gasteiger partial charge in [0.25, 0.3) is 11.9 Å². The van der Waals surface area contributed by atoms with Crippen molar-refractivity contribution in [1.82, 2.24) is 9.97 Å². The van der Waals surface area contributed by atoms with Crippen LogP contribution in [0.25, 0.3) is 0 Å². The molecule has 2 aromatic heterocycles. The molecule has 2 aliphatic heterocycles. The Balaban J connectivity index is 1.54. The molecule has 31 heavy (non-hydrogen) atoms. The number of aromatic nitrogens is 2. The number of nitrogens with one attached hydrogen (secondary N) is 1. The molecule has 2 unspecified atom stereocenters. The lowest BCUT2D eigenvalue weighted by molar-refractivity contribution is -0.0734. The van der Waals surface area contributed by atoms with Gasteiger partial charge in [0.15, 0.2) is 0 Å². The third-order valence-corrected chi connectivity index (χ3v) is 6.24. The van der Waals surface area contributed by atoms with Crippen molar-refractivity contribution in [3.63, 3.8) is 0 Å². The SMILES string of the molecule is Cc1cc(OC(F)F)cnc1C(=O)Nc1csc(C23CO[C@@H](C)CC2COC(N)=N3)n1. The minimum Gasteiger partial charge on any atom is -0.465 e. The predicted octanol–water partition coefficient (Wildman–Crippen LogP) is 2.67. The molecule has 0 aliphatic carbocycles. The lowest BCUT2D eigenvalue weighted by atomic mass is 9.79. The van der Waals surface area contributed by atoms with Crippen molar-refractivity contribution in [2.24, 2.45) is 16.6 Å². The number of hydrogen-bond donors (Lipinski definition) is 2. The first-order valence-electron chi connectivity index (χ1n) is 9.55. The summed E-state index contributed by atoms with van der Waals surface area (Å²) in [4.78, 5) is 25.7. The number of carbonyl (C=O) groups is 1. The highest BCUT2D eigenvalue weighted by atomic mass is 32.1. The number of aryl methyl sites for hydroxylation is 1. The fourth-order valence-corrected chi connectivity index (χ4v) is 4.70. The lowest BCUT2D eigenvalue weighted by Gasteiger charge is -2.43. The standard InChI is InChI=1S/C19H21F2N5O4S/c1-9-3-12(30-17(20)21)5-23-14(9)15(27)24-13-7-31-16(25-13)19-8-29-10(2)4-11(19)6-28-18(22)26-19/h3,5,7,10-11,17H,4,6,8H2,1-2H3,(H2,22,26)(H,24,27)/t10-,11?,19?/m0/s1. The van der Waals surface area contributed by atoms with E-state index in [0.717, 1.165) is 12.6 Å². The van der Waals surface area contributed by atoms with Gasteiger partial charge in [0, 0.05) is 11.3 Å². The number of ether oxygens (including phenoxy) is 3. The molecule has 0 radical (unpaired) electrons. The molecule has 0 aromatic carbocycles. The van der Waals surface area contributed by atoms with Crippen LogP contribution in [0.5, 0.6) is 5.75 Å². The zero-order valence-corrected chi connectivity index (χ0v) is 17.6. The van der Waals surface area contributed by atoms with Crippen LogP contribution in [0.15, 0.2) is 22.6 Å². The summed E-state index contributed by atoms with van der Waals surface area (Å²) in [7, 11) is 0. The number of pyridine rings is 1.